The van der Waals surface area contributed by atoms with E-state index in [-0.39, 0.29) is 50.8 Å². The molecule has 0 aromatic carbocycles. The van der Waals surface area contributed by atoms with Gasteiger partial charge in [-0.15, -0.1) is 0 Å². The van der Waals surface area contributed by atoms with Gasteiger partial charge in [0.2, 0.25) is 11.8 Å². The fourth-order valence-electron chi connectivity index (χ4n) is 1.77. The standard InChI is InChI=1S/C18H34N4O6/c1-17(2,3)27-15(25)21-9-7-13(23)19-11-12-20-14(24)8-10-22-16(26)28-18(4,5)6/h7-12H2,1-6H3,(H,19,23)(H,20,24)(H,21,25)(H,22,26). The molecule has 0 bridgehead atoms. The van der Waals surface area contributed by atoms with Gasteiger partial charge in [0.15, 0.2) is 0 Å². The predicted molar refractivity (Wildman–Crippen MR) is 104 cm³/mol. The second-order valence-corrected chi connectivity index (χ2v) is 8.06. The van der Waals surface area contributed by atoms with Crippen molar-refractivity contribution >= 4 is 24.0 Å². The first kappa shape index (κ1) is 25.5. The fraction of sp³-hybridized carbons (Fsp3) is 0.778. The van der Waals surface area contributed by atoms with Crippen LogP contribution in [-0.2, 0) is 19.1 Å². The molecule has 0 atom stereocenters. The van der Waals surface area contributed by atoms with E-state index < -0.39 is 23.4 Å². The number of hydrogen-bond donors (Lipinski definition) is 4. The van der Waals surface area contributed by atoms with Crippen LogP contribution in [0, 0.1) is 0 Å². The summed E-state index contributed by atoms with van der Waals surface area (Å²) in [6.45, 7) is 11.3. The summed E-state index contributed by atoms with van der Waals surface area (Å²) in [4.78, 5) is 46.1. The highest BCUT2D eigenvalue weighted by molar-refractivity contribution is 5.78. The Morgan fingerprint density at radius 1 is 0.571 bits per heavy atom. The summed E-state index contributed by atoms with van der Waals surface area (Å²) in [5, 5.41) is 10.2. The molecule has 0 spiro atoms. The number of alkyl carbamates (subject to hydrolysis) is 2. The number of ether oxygens (including phenoxy) is 2. The van der Waals surface area contributed by atoms with Gasteiger partial charge in [-0.1, -0.05) is 0 Å². The molecule has 4 amide bonds. The van der Waals surface area contributed by atoms with Crippen LogP contribution in [0.15, 0.2) is 0 Å². The summed E-state index contributed by atoms with van der Waals surface area (Å²) in [5.41, 5.74) is -1.18. The molecular formula is C18H34N4O6. The van der Waals surface area contributed by atoms with Crippen molar-refractivity contribution in [3.8, 4) is 0 Å². The molecule has 0 aliphatic heterocycles. The topological polar surface area (TPSA) is 135 Å². The molecule has 0 saturated heterocycles. The molecule has 0 aromatic heterocycles. The van der Waals surface area contributed by atoms with Gasteiger partial charge in [0, 0.05) is 39.0 Å². The van der Waals surface area contributed by atoms with E-state index in [0.717, 1.165) is 0 Å². The van der Waals surface area contributed by atoms with Crippen LogP contribution in [0.2, 0.25) is 0 Å². The zero-order valence-corrected chi connectivity index (χ0v) is 17.7. The highest BCUT2D eigenvalue weighted by Gasteiger charge is 2.16. The average molecular weight is 402 g/mol. The Morgan fingerprint density at radius 2 is 0.893 bits per heavy atom. The lowest BCUT2D eigenvalue weighted by molar-refractivity contribution is -0.122. The number of carbonyl (C=O) groups is 4. The van der Waals surface area contributed by atoms with Crippen LogP contribution < -0.4 is 21.3 Å². The van der Waals surface area contributed by atoms with Crippen molar-refractivity contribution < 1.29 is 28.7 Å². The molecule has 10 heteroatoms. The minimum absolute atomic E-state index is 0.104. The number of carbonyl (C=O) groups excluding carboxylic acids is 4. The highest BCUT2D eigenvalue weighted by atomic mass is 16.6. The first-order chi connectivity index (χ1) is 12.8. The molecule has 4 N–H and O–H groups in total. The highest BCUT2D eigenvalue weighted by Crippen LogP contribution is 2.06. The minimum atomic E-state index is -0.590. The summed E-state index contributed by atoms with van der Waals surface area (Å²) >= 11 is 0. The van der Waals surface area contributed by atoms with E-state index in [1.165, 1.54) is 0 Å². The van der Waals surface area contributed by atoms with Crippen LogP contribution in [0.25, 0.3) is 0 Å². The zero-order valence-electron chi connectivity index (χ0n) is 17.7. The van der Waals surface area contributed by atoms with E-state index in [2.05, 4.69) is 21.3 Å². The number of rotatable bonds is 9. The maximum absolute atomic E-state index is 11.6. The van der Waals surface area contributed by atoms with E-state index in [4.69, 9.17) is 9.47 Å². The SMILES string of the molecule is CC(C)(C)OC(=O)NCCC(=O)NCCNC(=O)CCNC(=O)OC(C)(C)C. The van der Waals surface area contributed by atoms with E-state index in [1.54, 1.807) is 41.5 Å². The molecule has 0 aliphatic carbocycles. The Kier molecular flexibility index (Phi) is 11.0. The zero-order chi connectivity index (χ0) is 21.8. The van der Waals surface area contributed by atoms with Gasteiger partial charge in [-0.2, -0.15) is 0 Å². The van der Waals surface area contributed by atoms with Gasteiger partial charge in [0.1, 0.15) is 11.2 Å². The third kappa shape index (κ3) is 16.9. The van der Waals surface area contributed by atoms with Gasteiger partial charge in [-0.05, 0) is 41.5 Å². The fourth-order valence-corrected chi connectivity index (χ4v) is 1.77. The largest absolute Gasteiger partial charge is 0.444 e. The summed E-state index contributed by atoms with van der Waals surface area (Å²) < 4.78 is 10.1. The van der Waals surface area contributed by atoms with Crippen LogP contribution in [0.3, 0.4) is 0 Å². The van der Waals surface area contributed by atoms with Gasteiger partial charge in [0.05, 0.1) is 0 Å². The van der Waals surface area contributed by atoms with Crippen molar-refractivity contribution in [1.29, 1.82) is 0 Å². The molecule has 0 aromatic rings. The van der Waals surface area contributed by atoms with Crippen LogP contribution in [0.5, 0.6) is 0 Å². The van der Waals surface area contributed by atoms with E-state index in [1.807, 2.05) is 0 Å². The summed E-state index contributed by atoms with van der Waals surface area (Å²) in [7, 11) is 0. The summed E-state index contributed by atoms with van der Waals surface area (Å²) in [6.07, 6.45) is -0.944. The summed E-state index contributed by atoms with van der Waals surface area (Å²) in [6, 6.07) is 0. The second-order valence-electron chi connectivity index (χ2n) is 8.06. The first-order valence-corrected chi connectivity index (χ1v) is 9.25. The van der Waals surface area contributed by atoms with Crippen LogP contribution in [0.4, 0.5) is 9.59 Å². The maximum Gasteiger partial charge on any atom is 0.407 e. The van der Waals surface area contributed by atoms with Crippen molar-refractivity contribution in [3.63, 3.8) is 0 Å². The van der Waals surface area contributed by atoms with Crippen molar-refractivity contribution in [2.75, 3.05) is 26.2 Å². The monoisotopic (exact) mass is 402 g/mol. The average Bonchev–Trinajstić information content (AvgIpc) is 2.48. The molecule has 162 valence electrons. The van der Waals surface area contributed by atoms with Crippen LogP contribution >= 0.6 is 0 Å². The maximum atomic E-state index is 11.6. The number of hydrogen-bond acceptors (Lipinski definition) is 6. The van der Waals surface area contributed by atoms with Crippen molar-refractivity contribution in [3.05, 3.63) is 0 Å². The second kappa shape index (κ2) is 12.0. The third-order valence-corrected chi connectivity index (χ3v) is 2.81. The summed E-state index contributed by atoms with van der Waals surface area (Å²) in [5.74, 6) is -0.506. The van der Waals surface area contributed by atoms with Crippen molar-refractivity contribution in [1.82, 2.24) is 21.3 Å². The Morgan fingerprint density at radius 3 is 1.18 bits per heavy atom. The van der Waals surface area contributed by atoms with Crippen LogP contribution in [0.1, 0.15) is 54.4 Å². The molecule has 0 rings (SSSR count). The Balaban J connectivity index is 3.70. The number of nitrogens with one attached hydrogen (secondary N) is 4. The quantitative estimate of drug-likeness (QED) is 0.426. The van der Waals surface area contributed by atoms with Gasteiger partial charge in [0.25, 0.3) is 0 Å². The molecule has 10 nitrogen and oxygen atoms in total. The van der Waals surface area contributed by atoms with Gasteiger partial charge in [-0.25, -0.2) is 9.59 Å². The van der Waals surface area contributed by atoms with Gasteiger partial charge in [-0.3, -0.25) is 9.59 Å². The van der Waals surface area contributed by atoms with Crippen molar-refractivity contribution in [2.24, 2.45) is 0 Å². The smallest absolute Gasteiger partial charge is 0.407 e. The van der Waals surface area contributed by atoms with Gasteiger partial charge >= 0.3 is 12.2 Å². The molecule has 0 heterocycles. The Hall–Kier alpha value is -2.52. The molecule has 0 aliphatic rings. The van der Waals surface area contributed by atoms with E-state index in [9.17, 15) is 19.2 Å². The van der Waals surface area contributed by atoms with E-state index in [0.29, 0.717) is 0 Å². The molecule has 0 saturated carbocycles. The lowest BCUT2D eigenvalue weighted by Crippen LogP contribution is -2.38. The molecule has 0 unspecified atom stereocenters. The molecular weight excluding hydrogens is 368 g/mol. The lowest BCUT2D eigenvalue weighted by atomic mass is 10.2. The molecule has 0 fully saturated rings. The Labute approximate surface area is 166 Å². The van der Waals surface area contributed by atoms with E-state index >= 15 is 0 Å². The first-order valence-electron chi connectivity index (χ1n) is 9.25. The lowest BCUT2D eigenvalue weighted by Gasteiger charge is -2.19. The molecule has 0 radical (unpaired) electrons. The minimum Gasteiger partial charge on any atom is -0.444 e. The Bertz CT molecular complexity index is 489. The molecule has 28 heavy (non-hydrogen) atoms. The van der Waals surface area contributed by atoms with Crippen molar-refractivity contribution in [2.45, 2.75) is 65.6 Å². The van der Waals surface area contributed by atoms with Gasteiger partial charge < -0.3 is 30.7 Å². The normalized spacial score (nSPS) is 11.2. The number of amides is 4. The van der Waals surface area contributed by atoms with Crippen LogP contribution in [-0.4, -0.2) is 61.4 Å². The third-order valence-electron chi connectivity index (χ3n) is 2.81. The predicted octanol–water partition coefficient (Wildman–Crippen LogP) is 1.05.